The van der Waals surface area contributed by atoms with Gasteiger partial charge in [0.2, 0.25) is 0 Å². The van der Waals surface area contributed by atoms with Crippen LogP contribution in [0.4, 0.5) is 5.13 Å². The maximum atomic E-state index is 5.48. The first-order chi connectivity index (χ1) is 14.3. The molecule has 1 aromatic heterocycles. The number of anilines is 1. The fourth-order valence-corrected chi connectivity index (χ4v) is 5.40. The second-order valence-corrected chi connectivity index (χ2v) is 9.15. The van der Waals surface area contributed by atoms with Crippen molar-refractivity contribution < 1.29 is 4.74 Å². The van der Waals surface area contributed by atoms with Crippen molar-refractivity contribution in [2.45, 2.75) is 32.6 Å². The van der Waals surface area contributed by atoms with Gasteiger partial charge in [0.25, 0.3) is 0 Å². The van der Waals surface area contributed by atoms with E-state index in [1.165, 1.54) is 36.6 Å². The minimum absolute atomic E-state index is 0. The Labute approximate surface area is 202 Å². The van der Waals surface area contributed by atoms with Gasteiger partial charge in [-0.15, -0.1) is 35.3 Å². The van der Waals surface area contributed by atoms with Crippen LogP contribution in [0.15, 0.2) is 10.4 Å². The predicted molar refractivity (Wildman–Crippen MR) is 136 cm³/mol. The highest BCUT2D eigenvalue weighted by molar-refractivity contribution is 14.0. The van der Waals surface area contributed by atoms with E-state index in [1.54, 1.807) is 11.3 Å². The van der Waals surface area contributed by atoms with Gasteiger partial charge in [-0.05, 0) is 32.1 Å². The molecule has 0 aliphatic carbocycles. The molecule has 170 valence electrons. The van der Waals surface area contributed by atoms with Crippen molar-refractivity contribution >= 4 is 46.4 Å². The molecule has 1 atom stereocenters. The van der Waals surface area contributed by atoms with Gasteiger partial charge >= 0.3 is 0 Å². The second-order valence-electron chi connectivity index (χ2n) is 8.31. The van der Waals surface area contributed by atoms with Crippen molar-refractivity contribution in [2.75, 3.05) is 77.0 Å². The van der Waals surface area contributed by atoms with Crippen molar-refractivity contribution in [1.29, 1.82) is 0 Å². The molecule has 7 nitrogen and oxygen atoms in total. The van der Waals surface area contributed by atoms with E-state index in [0.29, 0.717) is 0 Å². The molecule has 9 heteroatoms. The molecule has 3 saturated heterocycles. The summed E-state index contributed by atoms with van der Waals surface area (Å²) in [6.07, 6.45) is 4.78. The van der Waals surface area contributed by atoms with Crippen LogP contribution in [0, 0.1) is 5.92 Å². The number of morpholine rings is 1. The number of likely N-dealkylation sites (tertiary alicyclic amines) is 1. The highest BCUT2D eigenvalue weighted by atomic mass is 127. The average Bonchev–Trinajstić information content (AvgIpc) is 3.50. The largest absolute Gasteiger partial charge is 0.379 e. The lowest BCUT2D eigenvalue weighted by molar-refractivity contribution is 0.0315. The Balaban J connectivity index is 0.00000256. The van der Waals surface area contributed by atoms with E-state index in [-0.39, 0.29) is 24.0 Å². The summed E-state index contributed by atoms with van der Waals surface area (Å²) < 4.78 is 5.48. The number of hydrogen-bond donors (Lipinski definition) is 1. The van der Waals surface area contributed by atoms with Crippen LogP contribution in [0.1, 0.15) is 31.9 Å². The summed E-state index contributed by atoms with van der Waals surface area (Å²) in [5.74, 6) is 1.81. The number of halogens is 1. The summed E-state index contributed by atoms with van der Waals surface area (Å²) >= 11 is 1.78. The fourth-order valence-electron chi connectivity index (χ4n) is 4.49. The highest BCUT2D eigenvalue weighted by Gasteiger charge is 2.27. The third-order valence-electron chi connectivity index (χ3n) is 6.09. The average molecular weight is 549 g/mol. The number of aromatic nitrogens is 1. The fraction of sp³-hybridized carbons (Fsp3) is 0.810. The van der Waals surface area contributed by atoms with Crippen molar-refractivity contribution in [2.24, 2.45) is 10.9 Å². The zero-order valence-electron chi connectivity index (χ0n) is 18.2. The first kappa shape index (κ1) is 24.0. The van der Waals surface area contributed by atoms with Gasteiger partial charge in [-0.2, -0.15) is 0 Å². The van der Waals surface area contributed by atoms with Crippen LogP contribution < -0.4 is 10.2 Å². The van der Waals surface area contributed by atoms with Gasteiger partial charge in [0.1, 0.15) is 0 Å². The molecule has 0 bridgehead atoms. The molecule has 3 aliphatic heterocycles. The lowest BCUT2D eigenvalue weighted by atomic mass is 10.1. The zero-order valence-corrected chi connectivity index (χ0v) is 21.4. The van der Waals surface area contributed by atoms with Gasteiger partial charge in [0.15, 0.2) is 11.1 Å². The van der Waals surface area contributed by atoms with E-state index in [0.717, 1.165) is 83.9 Å². The zero-order chi connectivity index (χ0) is 19.9. The quantitative estimate of drug-likeness (QED) is 0.321. The molecule has 30 heavy (non-hydrogen) atoms. The molecule has 4 heterocycles. The van der Waals surface area contributed by atoms with E-state index < -0.39 is 0 Å². The molecule has 3 aliphatic rings. The van der Waals surface area contributed by atoms with Gasteiger partial charge in [-0.25, -0.2) is 4.98 Å². The van der Waals surface area contributed by atoms with Crippen LogP contribution in [0.3, 0.4) is 0 Å². The lowest BCUT2D eigenvalue weighted by Gasteiger charge is -2.29. The van der Waals surface area contributed by atoms with Gasteiger partial charge in [0, 0.05) is 70.7 Å². The van der Waals surface area contributed by atoms with Crippen molar-refractivity contribution in [3.8, 4) is 0 Å². The van der Waals surface area contributed by atoms with Crippen molar-refractivity contribution in [3.05, 3.63) is 11.1 Å². The van der Waals surface area contributed by atoms with E-state index in [1.807, 2.05) is 0 Å². The molecule has 1 aromatic rings. The predicted octanol–water partition coefficient (Wildman–Crippen LogP) is 2.52. The monoisotopic (exact) mass is 548 g/mol. The third-order valence-corrected chi connectivity index (χ3v) is 7.04. The number of nitrogens with one attached hydrogen (secondary N) is 1. The van der Waals surface area contributed by atoms with E-state index >= 15 is 0 Å². The van der Waals surface area contributed by atoms with E-state index in [9.17, 15) is 0 Å². The number of rotatable bonds is 7. The van der Waals surface area contributed by atoms with Crippen LogP contribution >= 0.6 is 35.3 Å². The van der Waals surface area contributed by atoms with Gasteiger partial charge in [-0.1, -0.05) is 0 Å². The molecule has 0 saturated carbocycles. The standard InChI is InChI=1S/C21H36N6OS.HI/c1-2-22-20(27-10-6-18(16-27)15-25-11-13-28-14-12-25)23-7-5-19-17-29-21(24-19)26-8-3-4-9-26;/h17-18H,2-16H2,1H3,(H,22,23);1H. The third kappa shape index (κ3) is 6.67. The summed E-state index contributed by atoms with van der Waals surface area (Å²) in [7, 11) is 0. The molecular weight excluding hydrogens is 511 g/mol. The summed E-state index contributed by atoms with van der Waals surface area (Å²) in [5.41, 5.74) is 1.18. The number of guanidine groups is 1. The summed E-state index contributed by atoms with van der Waals surface area (Å²) in [4.78, 5) is 17.2. The minimum Gasteiger partial charge on any atom is -0.379 e. The maximum absolute atomic E-state index is 5.48. The van der Waals surface area contributed by atoms with Crippen LogP contribution in [-0.2, 0) is 11.2 Å². The van der Waals surface area contributed by atoms with Crippen LogP contribution in [0.5, 0.6) is 0 Å². The molecule has 0 spiro atoms. The lowest BCUT2D eigenvalue weighted by Crippen LogP contribution is -2.42. The van der Waals surface area contributed by atoms with Gasteiger partial charge < -0.3 is 19.9 Å². The van der Waals surface area contributed by atoms with Crippen molar-refractivity contribution in [1.82, 2.24) is 20.1 Å². The Kier molecular flexibility index (Phi) is 9.92. The van der Waals surface area contributed by atoms with E-state index in [4.69, 9.17) is 14.7 Å². The van der Waals surface area contributed by atoms with Crippen LogP contribution in [0.25, 0.3) is 0 Å². The minimum atomic E-state index is 0. The Hall–Kier alpha value is -0.650. The summed E-state index contributed by atoms with van der Waals surface area (Å²) in [5, 5.41) is 6.91. The van der Waals surface area contributed by atoms with Gasteiger partial charge in [0.05, 0.1) is 18.9 Å². The molecule has 3 fully saturated rings. The molecule has 1 N–H and O–H groups in total. The summed E-state index contributed by atoms with van der Waals surface area (Å²) in [6.45, 7) is 13.5. The first-order valence-electron chi connectivity index (χ1n) is 11.3. The van der Waals surface area contributed by atoms with Crippen LogP contribution in [-0.4, -0.2) is 92.9 Å². The normalized spacial score (nSPS) is 23.1. The number of aliphatic imine (C=N–C) groups is 1. The maximum Gasteiger partial charge on any atom is 0.193 e. The first-order valence-corrected chi connectivity index (χ1v) is 12.2. The number of thiazole rings is 1. The number of nitrogens with zero attached hydrogens (tertiary/aromatic N) is 5. The Bertz CT molecular complexity index is 660. The summed E-state index contributed by atoms with van der Waals surface area (Å²) in [6, 6.07) is 0. The Morgan fingerprint density at radius 3 is 2.80 bits per heavy atom. The SMILES string of the molecule is CCNC(=NCCc1csc(N2CCCC2)n1)N1CCC(CN2CCOCC2)C1.I. The highest BCUT2D eigenvalue weighted by Crippen LogP contribution is 2.24. The molecule has 4 rings (SSSR count). The van der Waals surface area contributed by atoms with E-state index in [2.05, 4.69) is 32.3 Å². The Morgan fingerprint density at radius 1 is 1.23 bits per heavy atom. The molecule has 0 amide bonds. The molecule has 1 unspecified atom stereocenters. The second kappa shape index (κ2) is 12.4. The number of ether oxygens (including phenoxy) is 1. The number of hydrogen-bond acceptors (Lipinski definition) is 6. The molecule has 0 radical (unpaired) electrons. The van der Waals surface area contributed by atoms with Crippen LogP contribution in [0.2, 0.25) is 0 Å². The van der Waals surface area contributed by atoms with Gasteiger partial charge in [-0.3, -0.25) is 9.89 Å². The Morgan fingerprint density at radius 2 is 2.03 bits per heavy atom. The molecular formula is C21H37IN6OS. The van der Waals surface area contributed by atoms with Crippen molar-refractivity contribution in [3.63, 3.8) is 0 Å². The smallest absolute Gasteiger partial charge is 0.193 e. The molecule has 0 aromatic carbocycles. The topological polar surface area (TPSA) is 56.2 Å².